The molecular weight excluding hydrogens is 499 g/mol. The standard InChI is InChI=1S/C25H29N5O2S3/c1-5-11-33-23-27-22-20(17-12-25(4,6-2)32-13-18(17)35-22)21-28-29-24(30(21)23)34-14-19(31)26-16-9-7-15(3)8-10-16/h7-10H,5-6,11-14H2,1-4H3,(H,26,31)/t25-/m1/s1. The summed E-state index contributed by atoms with van der Waals surface area (Å²) in [6, 6.07) is 7.80. The summed E-state index contributed by atoms with van der Waals surface area (Å²) >= 11 is 4.80. The Bertz CT molecular complexity index is 1380. The minimum atomic E-state index is -0.181. The second-order valence-electron chi connectivity index (χ2n) is 9.04. The number of hydrogen-bond donors (Lipinski definition) is 1. The van der Waals surface area contributed by atoms with Gasteiger partial charge in [-0.15, -0.1) is 21.5 Å². The molecule has 0 saturated heterocycles. The fourth-order valence-corrected chi connectivity index (χ4v) is 6.88. The summed E-state index contributed by atoms with van der Waals surface area (Å²) in [5.74, 6) is 1.12. The van der Waals surface area contributed by atoms with E-state index < -0.39 is 0 Å². The van der Waals surface area contributed by atoms with E-state index in [1.165, 1.54) is 22.2 Å². The average Bonchev–Trinajstić information content (AvgIpc) is 3.43. The van der Waals surface area contributed by atoms with Gasteiger partial charge in [0.1, 0.15) is 4.83 Å². The fraction of sp³-hybridized carbons (Fsp3) is 0.440. The van der Waals surface area contributed by atoms with Crippen LogP contribution in [0.2, 0.25) is 0 Å². The molecule has 0 saturated carbocycles. The highest BCUT2D eigenvalue weighted by Crippen LogP contribution is 2.42. The number of fused-ring (bicyclic) bond motifs is 5. The van der Waals surface area contributed by atoms with Crippen molar-refractivity contribution < 1.29 is 9.53 Å². The lowest BCUT2D eigenvalue weighted by Gasteiger charge is -2.33. The molecule has 5 rings (SSSR count). The topological polar surface area (TPSA) is 81.4 Å². The Kier molecular flexibility index (Phi) is 7.07. The Balaban J connectivity index is 1.48. The third-order valence-electron chi connectivity index (χ3n) is 6.27. The van der Waals surface area contributed by atoms with E-state index in [0.717, 1.165) is 57.3 Å². The zero-order chi connectivity index (χ0) is 24.6. The van der Waals surface area contributed by atoms with Crippen LogP contribution in [0.1, 0.15) is 49.6 Å². The van der Waals surface area contributed by atoms with Crippen LogP contribution in [0.5, 0.6) is 0 Å². The number of carbonyl (C=O) groups is 1. The summed E-state index contributed by atoms with van der Waals surface area (Å²) < 4.78 is 8.23. The summed E-state index contributed by atoms with van der Waals surface area (Å²) in [7, 11) is 0. The maximum absolute atomic E-state index is 12.6. The average molecular weight is 528 g/mol. The lowest BCUT2D eigenvalue weighted by atomic mass is 9.90. The highest BCUT2D eigenvalue weighted by atomic mass is 32.2. The lowest BCUT2D eigenvalue weighted by molar-refractivity contribution is -0.113. The molecule has 1 aromatic carbocycles. The molecule has 1 atom stereocenters. The summed E-state index contributed by atoms with van der Waals surface area (Å²) in [6.45, 7) is 9.14. The molecule has 1 aliphatic heterocycles. The number of nitrogens with one attached hydrogen (secondary N) is 1. The van der Waals surface area contributed by atoms with Gasteiger partial charge in [0.2, 0.25) is 5.91 Å². The molecule has 0 spiro atoms. The zero-order valence-corrected chi connectivity index (χ0v) is 22.8. The van der Waals surface area contributed by atoms with Crippen LogP contribution in [-0.2, 0) is 22.6 Å². The molecule has 1 aliphatic rings. The number of nitrogens with zero attached hydrogens (tertiary/aromatic N) is 4. The summed E-state index contributed by atoms with van der Waals surface area (Å²) in [5, 5.41) is 14.7. The Morgan fingerprint density at radius 2 is 2.00 bits per heavy atom. The van der Waals surface area contributed by atoms with Crippen molar-refractivity contribution in [1.82, 2.24) is 19.6 Å². The number of amides is 1. The molecule has 0 bridgehead atoms. The second kappa shape index (κ2) is 10.1. The van der Waals surface area contributed by atoms with Crippen LogP contribution in [0.25, 0.3) is 15.9 Å². The van der Waals surface area contributed by atoms with Crippen LogP contribution in [0.3, 0.4) is 0 Å². The molecule has 0 fully saturated rings. The molecule has 4 aromatic rings. The first-order valence-corrected chi connectivity index (χ1v) is 14.6. The Hall–Kier alpha value is -2.14. The highest BCUT2D eigenvalue weighted by molar-refractivity contribution is 8.00. The molecule has 1 N–H and O–H groups in total. The zero-order valence-electron chi connectivity index (χ0n) is 20.4. The minimum absolute atomic E-state index is 0.0730. The number of aryl methyl sites for hydroxylation is 1. The first-order chi connectivity index (χ1) is 16.9. The van der Waals surface area contributed by atoms with Crippen molar-refractivity contribution in [2.24, 2.45) is 0 Å². The van der Waals surface area contributed by atoms with Gasteiger partial charge in [-0.05, 0) is 44.4 Å². The van der Waals surface area contributed by atoms with E-state index in [2.05, 4.69) is 36.3 Å². The largest absolute Gasteiger partial charge is 0.369 e. The third kappa shape index (κ3) is 4.94. The van der Waals surface area contributed by atoms with Crippen molar-refractivity contribution in [1.29, 1.82) is 0 Å². The van der Waals surface area contributed by atoms with E-state index in [1.807, 2.05) is 35.6 Å². The first-order valence-electron chi connectivity index (χ1n) is 11.9. The highest BCUT2D eigenvalue weighted by Gasteiger charge is 2.33. The molecule has 4 heterocycles. The van der Waals surface area contributed by atoms with Gasteiger partial charge in [0.25, 0.3) is 0 Å². The number of ether oxygens (including phenoxy) is 1. The fourth-order valence-electron chi connectivity index (χ4n) is 4.09. The Morgan fingerprint density at radius 1 is 1.20 bits per heavy atom. The third-order valence-corrected chi connectivity index (χ3v) is 9.44. The van der Waals surface area contributed by atoms with Gasteiger partial charge >= 0.3 is 0 Å². The summed E-state index contributed by atoms with van der Waals surface area (Å²) in [4.78, 5) is 19.9. The molecule has 184 valence electrons. The van der Waals surface area contributed by atoms with Gasteiger partial charge in [-0.3, -0.25) is 4.79 Å². The van der Waals surface area contributed by atoms with E-state index in [0.29, 0.717) is 11.8 Å². The molecule has 3 aromatic heterocycles. The van der Waals surface area contributed by atoms with Gasteiger partial charge < -0.3 is 10.1 Å². The Morgan fingerprint density at radius 3 is 2.74 bits per heavy atom. The van der Waals surface area contributed by atoms with Crippen LogP contribution >= 0.6 is 34.9 Å². The van der Waals surface area contributed by atoms with Crippen molar-refractivity contribution in [3.63, 3.8) is 0 Å². The van der Waals surface area contributed by atoms with E-state index in [4.69, 9.17) is 9.72 Å². The van der Waals surface area contributed by atoms with E-state index in [9.17, 15) is 4.79 Å². The number of aromatic nitrogens is 4. The number of benzene rings is 1. The van der Waals surface area contributed by atoms with Crippen LogP contribution in [0, 0.1) is 6.92 Å². The van der Waals surface area contributed by atoms with Gasteiger partial charge in [0, 0.05) is 22.7 Å². The van der Waals surface area contributed by atoms with Gasteiger partial charge in [-0.25, -0.2) is 9.38 Å². The smallest absolute Gasteiger partial charge is 0.234 e. The molecular formula is C25H29N5O2S3. The van der Waals surface area contributed by atoms with Crippen molar-refractivity contribution >= 4 is 62.3 Å². The van der Waals surface area contributed by atoms with Gasteiger partial charge in [-0.1, -0.05) is 55.1 Å². The van der Waals surface area contributed by atoms with Crippen molar-refractivity contribution in [2.75, 3.05) is 16.8 Å². The number of carbonyl (C=O) groups excluding carboxylic acids is 1. The van der Waals surface area contributed by atoms with Crippen LogP contribution < -0.4 is 5.32 Å². The maximum Gasteiger partial charge on any atom is 0.234 e. The quantitative estimate of drug-likeness (QED) is 0.218. The monoisotopic (exact) mass is 527 g/mol. The molecule has 0 radical (unpaired) electrons. The normalized spacial score (nSPS) is 17.7. The predicted octanol–water partition coefficient (Wildman–Crippen LogP) is 6.12. The molecule has 1 amide bonds. The summed E-state index contributed by atoms with van der Waals surface area (Å²) in [6.07, 6.45) is 2.83. The second-order valence-corrected chi connectivity index (χ2v) is 12.1. The number of thiophene rings is 1. The van der Waals surface area contributed by atoms with Gasteiger partial charge in [-0.2, -0.15) is 0 Å². The Labute approximate surface area is 217 Å². The summed E-state index contributed by atoms with van der Waals surface area (Å²) in [5.41, 5.74) is 3.88. The van der Waals surface area contributed by atoms with Gasteiger partial charge in [0.15, 0.2) is 16.0 Å². The number of thioether (sulfide) groups is 2. The van der Waals surface area contributed by atoms with E-state index >= 15 is 0 Å². The number of anilines is 1. The number of hydrogen-bond acceptors (Lipinski definition) is 8. The molecule has 35 heavy (non-hydrogen) atoms. The van der Waals surface area contributed by atoms with Crippen molar-refractivity contribution in [2.45, 2.75) is 69.5 Å². The SMILES string of the molecule is CCCSc1nc2sc3c(c2c2nnc(SCC(=O)Nc4ccc(C)cc4)n12)C[C@@](C)(CC)OC3. The van der Waals surface area contributed by atoms with Crippen LogP contribution in [-0.4, -0.2) is 42.6 Å². The van der Waals surface area contributed by atoms with Crippen molar-refractivity contribution in [3.05, 3.63) is 40.3 Å². The van der Waals surface area contributed by atoms with E-state index in [-0.39, 0.29) is 17.3 Å². The van der Waals surface area contributed by atoms with E-state index in [1.54, 1.807) is 23.1 Å². The first kappa shape index (κ1) is 24.5. The van der Waals surface area contributed by atoms with Crippen LogP contribution in [0.15, 0.2) is 34.6 Å². The lowest BCUT2D eigenvalue weighted by Crippen LogP contribution is -2.33. The predicted molar refractivity (Wildman–Crippen MR) is 145 cm³/mol. The van der Waals surface area contributed by atoms with Crippen molar-refractivity contribution in [3.8, 4) is 0 Å². The minimum Gasteiger partial charge on any atom is -0.369 e. The molecule has 0 aliphatic carbocycles. The van der Waals surface area contributed by atoms with Crippen LogP contribution in [0.4, 0.5) is 5.69 Å². The maximum atomic E-state index is 12.6. The van der Waals surface area contributed by atoms with Gasteiger partial charge in [0.05, 0.1) is 23.3 Å². The molecule has 0 unspecified atom stereocenters. The number of rotatable bonds is 8. The molecule has 7 nitrogen and oxygen atoms in total. The molecule has 10 heteroatoms.